The summed E-state index contributed by atoms with van der Waals surface area (Å²) in [6.45, 7) is 2.40. The number of rotatable bonds is 7. The van der Waals surface area contributed by atoms with Gasteiger partial charge in [0.15, 0.2) is 11.7 Å². The van der Waals surface area contributed by atoms with Crippen LogP contribution in [0.5, 0.6) is 5.75 Å². The predicted octanol–water partition coefficient (Wildman–Crippen LogP) is 3.59. The van der Waals surface area contributed by atoms with E-state index in [1.807, 2.05) is 42.8 Å². The van der Waals surface area contributed by atoms with Gasteiger partial charge < -0.3 is 4.74 Å². The summed E-state index contributed by atoms with van der Waals surface area (Å²) in [7, 11) is 1.61. The van der Waals surface area contributed by atoms with Gasteiger partial charge in [0.2, 0.25) is 0 Å². The first-order valence-corrected chi connectivity index (χ1v) is 9.00. The number of ether oxygens (including phenoxy) is 1. The fourth-order valence-electron chi connectivity index (χ4n) is 2.54. The van der Waals surface area contributed by atoms with E-state index in [-0.39, 0.29) is 12.2 Å². The Kier molecular flexibility index (Phi) is 5.44. The molecular formula is C19H18N4O2S. The van der Waals surface area contributed by atoms with Gasteiger partial charge in [-0.25, -0.2) is 4.98 Å². The maximum atomic E-state index is 12.5. The van der Waals surface area contributed by atoms with E-state index in [0.717, 1.165) is 22.6 Å². The summed E-state index contributed by atoms with van der Waals surface area (Å²) in [6.07, 6.45) is 3.87. The van der Waals surface area contributed by atoms with Crippen molar-refractivity contribution in [3.05, 3.63) is 52.6 Å². The van der Waals surface area contributed by atoms with Gasteiger partial charge in [-0.2, -0.15) is 10.4 Å². The Morgan fingerprint density at radius 3 is 2.77 bits per heavy atom. The summed E-state index contributed by atoms with van der Waals surface area (Å²) in [6, 6.07) is 9.61. The van der Waals surface area contributed by atoms with Crippen LogP contribution in [0.2, 0.25) is 0 Å². The molecule has 0 aliphatic heterocycles. The van der Waals surface area contributed by atoms with E-state index in [4.69, 9.17) is 4.74 Å². The SMILES string of the molecule is COc1ccc(-c2csc(C(C#N)C(=O)CCn3cc(C)cn3)n2)cc1. The molecule has 0 aliphatic rings. The molecule has 6 nitrogen and oxygen atoms in total. The molecule has 0 aliphatic carbocycles. The Labute approximate surface area is 155 Å². The first-order chi connectivity index (χ1) is 12.6. The van der Waals surface area contributed by atoms with Crippen LogP contribution >= 0.6 is 11.3 Å². The highest BCUT2D eigenvalue weighted by atomic mass is 32.1. The molecule has 0 bridgehead atoms. The number of carbonyl (C=O) groups excluding carboxylic acids is 1. The molecule has 1 aromatic carbocycles. The van der Waals surface area contributed by atoms with Crippen molar-refractivity contribution in [3.63, 3.8) is 0 Å². The minimum absolute atomic E-state index is 0.142. The molecule has 3 aromatic rings. The molecule has 0 saturated heterocycles. The van der Waals surface area contributed by atoms with E-state index in [1.54, 1.807) is 18.0 Å². The Hall–Kier alpha value is -2.98. The molecule has 0 fully saturated rings. The monoisotopic (exact) mass is 366 g/mol. The van der Waals surface area contributed by atoms with Crippen LogP contribution in [0.3, 0.4) is 0 Å². The van der Waals surface area contributed by atoms with Crippen molar-refractivity contribution in [1.29, 1.82) is 5.26 Å². The molecule has 26 heavy (non-hydrogen) atoms. The van der Waals surface area contributed by atoms with E-state index in [9.17, 15) is 10.1 Å². The number of benzene rings is 1. The Bertz CT molecular complexity index is 937. The zero-order chi connectivity index (χ0) is 18.5. The van der Waals surface area contributed by atoms with Gasteiger partial charge >= 0.3 is 0 Å². The quantitative estimate of drug-likeness (QED) is 0.638. The van der Waals surface area contributed by atoms with Crippen LogP contribution < -0.4 is 4.74 Å². The van der Waals surface area contributed by atoms with Crippen LogP contribution in [0.25, 0.3) is 11.3 Å². The number of ketones is 1. The van der Waals surface area contributed by atoms with Crippen molar-refractivity contribution in [2.24, 2.45) is 0 Å². The predicted molar refractivity (Wildman–Crippen MR) is 99.0 cm³/mol. The van der Waals surface area contributed by atoms with Gasteiger partial charge in [-0.05, 0) is 36.8 Å². The normalized spacial score (nSPS) is 11.7. The molecular weight excluding hydrogens is 348 g/mol. The molecule has 2 heterocycles. The maximum Gasteiger partial charge on any atom is 0.158 e. The molecule has 2 aromatic heterocycles. The molecule has 0 saturated carbocycles. The zero-order valence-electron chi connectivity index (χ0n) is 14.5. The first kappa shape index (κ1) is 17.8. The van der Waals surface area contributed by atoms with E-state index in [1.165, 1.54) is 11.3 Å². The topological polar surface area (TPSA) is 80.8 Å². The molecule has 1 atom stereocenters. The van der Waals surface area contributed by atoms with E-state index in [0.29, 0.717) is 11.6 Å². The molecule has 132 valence electrons. The summed E-state index contributed by atoms with van der Waals surface area (Å²) < 4.78 is 6.86. The number of hydrogen-bond acceptors (Lipinski definition) is 6. The van der Waals surface area contributed by atoms with Crippen LogP contribution in [0, 0.1) is 18.3 Å². The second-order valence-electron chi connectivity index (χ2n) is 5.86. The smallest absolute Gasteiger partial charge is 0.158 e. The van der Waals surface area contributed by atoms with Crippen molar-refractivity contribution < 1.29 is 9.53 Å². The van der Waals surface area contributed by atoms with Gasteiger partial charge in [-0.3, -0.25) is 9.48 Å². The third-order valence-corrected chi connectivity index (χ3v) is 4.86. The van der Waals surface area contributed by atoms with Gasteiger partial charge in [0.1, 0.15) is 10.8 Å². The minimum Gasteiger partial charge on any atom is -0.497 e. The number of hydrogen-bond donors (Lipinski definition) is 0. The number of nitriles is 1. The highest BCUT2D eigenvalue weighted by Crippen LogP contribution is 2.28. The van der Waals surface area contributed by atoms with E-state index >= 15 is 0 Å². The number of aryl methyl sites for hydroxylation is 2. The highest BCUT2D eigenvalue weighted by Gasteiger charge is 2.23. The van der Waals surface area contributed by atoms with Crippen molar-refractivity contribution in [3.8, 4) is 23.1 Å². The van der Waals surface area contributed by atoms with Crippen LogP contribution in [-0.2, 0) is 11.3 Å². The third kappa shape index (κ3) is 3.98. The van der Waals surface area contributed by atoms with E-state index in [2.05, 4.69) is 16.2 Å². The average Bonchev–Trinajstić information content (AvgIpc) is 3.30. The summed E-state index contributed by atoms with van der Waals surface area (Å²) in [5, 5.41) is 16.0. The number of aromatic nitrogens is 3. The van der Waals surface area contributed by atoms with Gasteiger partial charge in [0, 0.05) is 30.1 Å². The molecule has 0 N–H and O–H groups in total. The number of nitrogens with zero attached hydrogens (tertiary/aromatic N) is 4. The number of thiazole rings is 1. The molecule has 0 spiro atoms. The van der Waals surface area contributed by atoms with Crippen molar-refractivity contribution in [2.45, 2.75) is 25.8 Å². The van der Waals surface area contributed by atoms with Crippen LogP contribution in [0.1, 0.15) is 22.9 Å². The van der Waals surface area contributed by atoms with Gasteiger partial charge in [-0.15, -0.1) is 11.3 Å². The summed E-state index contributed by atoms with van der Waals surface area (Å²) >= 11 is 1.33. The molecule has 0 amide bonds. The average molecular weight is 366 g/mol. The third-order valence-electron chi connectivity index (χ3n) is 3.96. The van der Waals surface area contributed by atoms with Gasteiger partial charge in [0.25, 0.3) is 0 Å². The standard InChI is InChI=1S/C19H18N4O2S/c1-13-10-21-23(11-13)8-7-18(24)16(9-20)19-22-17(12-26-19)14-3-5-15(25-2)6-4-14/h3-6,10-12,16H,7-8H2,1-2H3. The second-order valence-corrected chi connectivity index (χ2v) is 6.75. The van der Waals surface area contributed by atoms with Gasteiger partial charge in [-0.1, -0.05) is 0 Å². The first-order valence-electron chi connectivity index (χ1n) is 8.12. The van der Waals surface area contributed by atoms with Crippen LogP contribution in [0.15, 0.2) is 42.0 Å². The fraction of sp³-hybridized carbons (Fsp3) is 0.263. The number of carbonyl (C=O) groups is 1. The van der Waals surface area contributed by atoms with E-state index < -0.39 is 5.92 Å². The molecule has 1 unspecified atom stereocenters. The summed E-state index contributed by atoms with van der Waals surface area (Å²) in [4.78, 5) is 17.0. The number of methoxy groups -OCH3 is 1. The van der Waals surface area contributed by atoms with Crippen LogP contribution in [0.4, 0.5) is 0 Å². The van der Waals surface area contributed by atoms with Crippen molar-refractivity contribution >= 4 is 17.1 Å². The lowest BCUT2D eigenvalue weighted by Crippen LogP contribution is -2.14. The summed E-state index contributed by atoms with van der Waals surface area (Å²) in [5.41, 5.74) is 2.71. The Balaban J connectivity index is 1.70. The van der Waals surface area contributed by atoms with Crippen molar-refractivity contribution in [2.75, 3.05) is 7.11 Å². The molecule has 3 rings (SSSR count). The lowest BCUT2D eigenvalue weighted by atomic mass is 10.0. The Morgan fingerprint density at radius 1 is 1.38 bits per heavy atom. The number of Topliss-reactive ketones (excluding diaryl/α,β-unsaturated/α-hetero) is 1. The lowest BCUT2D eigenvalue weighted by molar-refractivity contribution is -0.119. The summed E-state index contributed by atoms with van der Waals surface area (Å²) in [5.74, 6) is -0.219. The molecule has 7 heteroatoms. The largest absolute Gasteiger partial charge is 0.497 e. The van der Waals surface area contributed by atoms with Crippen LogP contribution in [-0.4, -0.2) is 27.7 Å². The highest BCUT2D eigenvalue weighted by molar-refractivity contribution is 7.10. The fourth-order valence-corrected chi connectivity index (χ4v) is 3.43. The minimum atomic E-state index is -0.844. The maximum absolute atomic E-state index is 12.5. The lowest BCUT2D eigenvalue weighted by Gasteiger charge is -2.05. The van der Waals surface area contributed by atoms with Crippen molar-refractivity contribution in [1.82, 2.24) is 14.8 Å². The zero-order valence-corrected chi connectivity index (χ0v) is 15.4. The molecule has 0 radical (unpaired) electrons. The van der Waals surface area contributed by atoms with Gasteiger partial charge in [0.05, 0.1) is 25.1 Å². The second kappa shape index (κ2) is 7.93. The Morgan fingerprint density at radius 2 is 2.15 bits per heavy atom.